The van der Waals surface area contributed by atoms with Crippen LogP contribution in [0.2, 0.25) is 0 Å². The van der Waals surface area contributed by atoms with Gasteiger partial charge in [0.15, 0.2) is 0 Å². The molecule has 3 atom stereocenters. The Morgan fingerprint density at radius 1 is 1.50 bits per heavy atom. The molecule has 1 aliphatic carbocycles. The lowest BCUT2D eigenvalue weighted by Gasteiger charge is -2.22. The molecule has 1 aliphatic rings. The van der Waals surface area contributed by atoms with E-state index >= 15 is 0 Å². The van der Waals surface area contributed by atoms with E-state index in [-0.39, 0.29) is 16.7 Å². The smallest absolute Gasteiger partial charge is 0.123 e. The van der Waals surface area contributed by atoms with Crippen molar-refractivity contribution < 1.29 is 4.21 Å². The Kier molecular flexibility index (Phi) is 3.58. The van der Waals surface area contributed by atoms with Crippen molar-refractivity contribution >= 4 is 34.2 Å². The summed E-state index contributed by atoms with van der Waals surface area (Å²) in [6, 6.07) is 0.102. The zero-order valence-electron chi connectivity index (χ0n) is 8.93. The molecule has 2 nitrogen and oxygen atoms in total. The largest absolute Gasteiger partial charge is 0.242 e. The van der Waals surface area contributed by atoms with E-state index in [0.717, 1.165) is 6.42 Å². The summed E-state index contributed by atoms with van der Waals surface area (Å²) in [7, 11) is -1.05. The van der Waals surface area contributed by atoms with Gasteiger partial charge in [-0.05, 0) is 34.1 Å². The highest BCUT2D eigenvalue weighted by atomic mass is 35.5. The molecule has 0 aromatic rings. The number of halogens is 2. The molecule has 0 aromatic heterocycles. The lowest BCUT2D eigenvalue weighted by Crippen LogP contribution is -2.40. The summed E-state index contributed by atoms with van der Waals surface area (Å²) in [6.45, 7) is 7.78. The van der Waals surface area contributed by atoms with Crippen LogP contribution in [0.1, 0.15) is 34.1 Å². The van der Waals surface area contributed by atoms with Gasteiger partial charge in [0, 0.05) is 12.0 Å². The average molecular weight is 258 g/mol. The molecule has 0 spiro atoms. The molecule has 14 heavy (non-hydrogen) atoms. The molecule has 0 bridgehead atoms. The van der Waals surface area contributed by atoms with E-state index in [2.05, 4.69) is 4.72 Å². The van der Waals surface area contributed by atoms with Crippen molar-refractivity contribution in [2.45, 2.75) is 49.2 Å². The molecule has 0 unspecified atom stereocenters. The molecule has 1 fully saturated rings. The first-order chi connectivity index (χ1) is 6.14. The molecule has 5 heteroatoms. The van der Waals surface area contributed by atoms with Crippen molar-refractivity contribution in [1.82, 2.24) is 4.72 Å². The maximum Gasteiger partial charge on any atom is 0.123 e. The Bertz CT molecular complexity index is 250. The van der Waals surface area contributed by atoms with Crippen molar-refractivity contribution in [1.29, 1.82) is 0 Å². The highest BCUT2D eigenvalue weighted by Gasteiger charge is 2.54. The van der Waals surface area contributed by atoms with Gasteiger partial charge in [-0.2, -0.15) is 0 Å². The Morgan fingerprint density at radius 3 is 2.21 bits per heavy atom. The summed E-state index contributed by atoms with van der Waals surface area (Å²) in [6.07, 6.45) is 0.783. The number of nitrogens with one attached hydrogen (secondary N) is 1. The van der Waals surface area contributed by atoms with E-state index in [1.807, 2.05) is 27.7 Å². The maximum atomic E-state index is 11.7. The fourth-order valence-electron chi connectivity index (χ4n) is 1.20. The van der Waals surface area contributed by atoms with Crippen LogP contribution < -0.4 is 4.72 Å². The van der Waals surface area contributed by atoms with Crippen LogP contribution in [0.3, 0.4) is 0 Å². The monoisotopic (exact) mass is 257 g/mol. The fourth-order valence-corrected chi connectivity index (χ4v) is 2.77. The van der Waals surface area contributed by atoms with Gasteiger partial charge in [-0.15, -0.1) is 23.2 Å². The molecule has 0 heterocycles. The van der Waals surface area contributed by atoms with Gasteiger partial charge >= 0.3 is 0 Å². The van der Waals surface area contributed by atoms with Crippen molar-refractivity contribution in [3.63, 3.8) is 0 Å². The van der Waals surface area contributed by atoms with Crippen LogP contribution in [0.25, 0.3) is 0 Å². The van der Waals surface area contributed by atoms with Crippen LogP contribution in [0.5, 0.6) is 0 Å². The molecule has 0 aliphatic heterocycles. The van der Waals surface area contributed by atoms with Crippen molar-refractivity contribution in [3.05, 3.63) is 0 Å². The van der Waals surface area contributed by atoms with E-state index in [0.29, 0.717) is 0 Å². The molecular formula is C9H17Cl2NOS. The van der Waals surface area contributed by atoms with E-state index in [9.17, 15) is 4.21 Å². The molecule has 0 amide bonds. The van der Waals surface area contributed by atoms with Crippen LogP contribution in [0, 0.1) is 5.92 Å². The van der Waals surface area contributed by atoms with Crippen LogP contribution in [0.15, 0.2) is 0 Å². The van der Waals surface area contributed by atoms with E-state index in [1.54, 1.807) is 0 Å². The second kappa shape index (κ2) is 3.93. The lowest BCUT2D eigenvalue weighted by atomic mass is 10.2. The first-order valence-electron chi connectivity index (χ1n) is 4.70. The zero-order chi connectivity index (χ0) is 11.1. The summed E-state index contributed by atoms with van der Waals surface area (Å²) in [5.41, 5.74) is 0. The SMILES string of the molecule is C[C@@H](N[S@@](=O)C(C)(C)C)[C@H]1CC1(Cl)Cl. The summed E-state index contributed by atoms with van der Waals surface area (Å²) in [5, 5.41) is 0. The predicted octanol–water partition coefficient (Wildman–Crippen LogP) is 2.62. The Morgan fingerprint density at radius 2 is 1.93 bits per heavy atom. The first-order valence-corrected chi connectivity index (χ1v) is 6.61. The van der Waals surface area contributed by atoms with E-state index in [1.165, 1.54) is 0 Å². The minimum absolute atomic E-state index is 0.102. The van der Waals surface area contributed by atoms with Gasteiger partial charge in [0.05, 0.1) is 15.7 Å². The quantitative estimate of drug-likeness (QED) is 0.775. The average Bonchev–Trinajstić information content (AvgIpc) is 2.57. The summed E-state index contributed by atoms with van der Waals surface area (Å²) >= 11 is 11.9. The molecule has 0 radical (unpaired) electrons. The lowest BCUT2D eigenvalue weighted by molar-refractivity contribution is 0.565. The minimum atomic E-state index is -1.05. The number of alkyl halides is 2. The van der Waals surface area contributed by atoms with Crippen LogP contribution >= 0.6 is 23.2 Å². The van der Waals surface area contributed by atoms with Gasteiger partial charge in [-0.1, -0.05) is 0 Å². The summed E-state index contributed by atoms with van der Waals surface area (Å²) < 4.78 is 13.9. The summed E-state index contributed by atoms with van der Waals surface area (Å²) in [4.78, 5) is 0. The molecule has 1 N–H and O–H groups in total. The second-order valence-corrected chi connectivity index (χ2v) is 8.40. The van der Waals surface area contributed by atoms with Crippen molar-refractivity contribution in [2.75, 3.05) is 0 Å². The normalized spacial score (nSPS) is 29.7. The maximum absolute atomic E-state index is 11.7. The first kappa shape index (κ1) is 12.8. The third-order valence-electron chi connectivity index (χ3n) is 2.33. The zero-order valence-corrected chi connectivity index (χ0v) is 11.3. The van der Waals surface area contributed by atoms with Gasteiger partial charge in [0.25, 0.3) is 0 Å². The molecule has 84 valence electrons. The minimum Gasteiger partial charge on any atom is -0.242 e. The predicted molar refractivity (Wildman–Crippen MR) is 63.0 cm³/mol. The molecular weight excluding hydrogens is 241 g/mol. The van der Waals surface area contributed by atoms with Gasteiger partial charge in [0.1, 0.15) is 4.33 Å². The van der Waals surface area contributed by atoms with Gasteiger partial charge in [-0.3, -0.25) is 0 Å². The standard InChI is InChI=1S/C9H17Cl2NOS/c1-6(7-5-9(7,10)11)12-14(13)8(2,3)4/h6-7,12H,5H2,1-4H3/t6-,7-,14+/m1/s1. The van der Waals surface area contributed by atoms with Crippen molar-refractivity contribution in [3.8, 4) is 0 Å². The second-order valence-electron chi connectivity index (χ2n) is 4.86. The third-order valence-corrected chi connectivity index (χ3v) is 4.89. The highest BCUT2D eigenvalue weighted by molar-refractivity contribution is 7.84. The fraction of sp³-hybridized carbons (Fsp3) is 1.00. The Labute approximate surface area is 98.3 Å². The summed E-state index contributed by atoms with van der Waals surface area (Å²) in [5.74, 6) is 0.220. The van der Waals surface area contributed by atoms with Crippen LogP contribution in [-0.4, -0.2) is 19.3 Å². The molecule has 0 aromatic carbocycles. The van der Waals surface area contributed by atoms with Crippen LogP contribution in [-0.2, 0) is 11.0 Å². The van der Waals surface area contributed by atoms with Gasteiger partial charge < -0.3 is 0 Å². The molecule has 0 saturated heterocycles. The highest BCUT2D eigenvalue weighted by Crippen LogP contribution is 2.54. The van der Waals surface area contributed by atoms with Crippen LogP contribution in [0.4, 0.5) is 0 Å². The van der Waals surface area contributed by atoms with E-state index in [4.69, 9.17) is 23.2 Å². The molecule has 1 saturated carbocycles. The number of rotatable bonds is 3. The molecule has 1 rings (SSSR count). The Balaban J connectivity index is 2.43. The number of hydrogen-bond donors (Lipinski definition) is 1. The Hall–Kier alpha value is 0.690. The third kappa shape index (κ3) is 3.09. The van der Waals surface area contributed by atoms with Gasteiger partial charge in [-0.25, -0.2) is 8.93 Å². The number of hydrogen-bond acceptors (Lipinski definition) is 1. The van der Waals surface area contributed by atoms with E-state index < -0.39 is 15.3 Å². The van der Waals surface area contributed by atoms with Gasteiger partial charge in [0.2, 0.25) is 0 Å². The van der Waals surface area contributed by atoms with Crippen molar-refractivity contribution in [2.24, 2.45) is 5.92 Å². The topological polar surface area (TPSA) is 29.1 Å².